The number of esters is 1. The van der Waals surface area contributed by atoms with Gasteiger partial charge in [-0.25, -0.2) is 4.79 Å². The molecule has 0 aliphatic carbocycles. The third kappa shape index (κ3) is 3.95. The normalized spacial score (nSPS) is 10.6. The molecule has 0 saturated heterocycles. The monoisotopic (exact) mass is 287 g/mol. The summed E-state index contributed by atoms with van der Waals surface area (Å²) < 4.78 is 10.6. The maximum absolute atomic E-state index is 11.9. The van der Waals surface area contributed by atoms with Gasteiger partial charge in [-0.1, -0.05) is 24.3 Å². The van der Waals surface area contributed by atoms with Crippen molar-refractivity contribution in [1.82, 2.24) is 0 Å². The molecule has 0 fully saturated rings. The number of unbranched alkanes of at least 4 members (excludes halogenated alkanes) is 2. The van der Waals surface area contributed by atoms with Gasteiger partial charge in [-0.2, -0.15) is 0 Å². The minimum Gasteiger partial charge on any atom is -0.493 e. The predicted molar refractivity (Wildman–Crippen MR) is 83.7 cm³/mol. The molecule has 112 valence electrons. The van der Waals surface area contributed by atoms with Gasteiger partial charge in [0.2, 0.25) is 0 Å². The lowest BCUT2D eigenvalue weighted by Crippen LogP contribution is -2.07. The van der Waals surface area contributed by atoms with Gasteiger partial charge < -0.3 is 15.2 Å². The summed E-state index contributed by atoms with van der Waals surface area (Å²) >= 11 is 0. The van der Waals surface area contributed by atoms with E-state index >= 15 is 0 Å². The smallest absolute Gasteiger partial charge is 0.341 e. The van der Waals surface area contributed by atoms with Gasteiger partial charge in [-0.15, -0.1) is 0 Å². The molecule has 0 spiro atoms. The van der Waals surface area contributed by atoms with Crippen molar-refractivity contribution in [2.75, 3.05) is 20.3 Å². The molecular weight excluding hydrogens is 266 g/mol. The average Bonchev–Trinajstić information content (AvgIpc) is 2.53. The quantitative estimate of drug-likeness (QED) is 0.628. The SMILES string of the molecule is COC(=O)c1cc2ccccc2cc1OCCCCCN. The first-order chi connectivity index (χ1) is 10.3. The third-order valence-corrected chi connectivity index (χ3v) is 3.36. The van der Waals surface area contributed by atoms with E-state index in [1.54, 1.807) is 0 Å². The van der Waals surface area contributed by atoms with Crippen molar-refractivity contribution in [2.24, 2.45) is 5.73 Å². The average molecular weight is 287 g/mol. The van der Waals surface area contributed by atoms with Crippen LogP contribution >= 0.6 is 0 Å². The van der Waals surface area contributed by atoms with Crippen molar-refractivity contribution < 1.29 is 14.3 Å². The summed E-state index contributed by atoms with van der Waals surface area (Å²) in [6.07, 6.45) is 2.94. The third-order valence-electron chi connectivity index (χ3n) is 3.36. The molecule has 0 atom stereocenters. The lowest BCUT2D eigenvalue weighted by molar-refractivity contribution is 0.0596. The first kappa shape index (κ1) is 15.3. The fraction of sp³-hybridized carbons (Fsp3) is 0.353. The standard InChI is InChI=1S/C17H21NO3/c1-20-17(19)15-11-13-7-3-4-8-14(13)12-16(15)21-10-6-2-5-9-18/h3-4,7-8,11-12H,2,5-6,9-10,18H2,1H3. The molecule has 0 bridgehead atoms. The minimum atomic E-state index is -0.377. The minimum absolute atomic E-state index is 0.377. The van der Waals surface area contributed by atoms with Gasteiger partial charge in [0.05, 0.1) is 13.7 Å². The summed E-state index contributed by atoms with van der Waals surface area (Å²) in [5.41, 5.74) is 5.93. The fourth-order valence-electron chi connectivity index (χ4n) is 2.21. The van der Waals surface area contributed by atoms with Gasteiger partial charge in [0.25, 0.3) is 0 Å². The Balaban J connectivity index is 2.20. The maximum Gasteiger partial charge on any atom is 0.341 e. The highest BCUT2D eigenvalue weighted by Crippen LogP contribution is 2.27. The zero-order chi connectivity index (χ0) is 15.1. The van der Waals surface area contributed by atoms with Crippen molar-refractivity contribution in [2.45, 2.75) is 19.3 Å². The Hall–Kier alpha value is -2.07. The molecule has 0 amide bonds. The number of methoxy groups -OCH3 is 1. The molecule has 4 nitrogen and oxygen atoms in total. The first-order valence-electron chi connectivity index (χ1n) is 7.20. The van der Waals surface area contributed by atoms with E-state index in [0.29, 0.717) is 24.5 Å². The van der Waals surface area contributed by atoms with Gasteiger partial charge in [0, 0.05) is 0 Å². The van der Waals surface area contributed by atoms with Gasteiger partial charge in [0.1, 0.15) is 11.3 Å². The van der Waals surface area contributed by atoms with Crippen LogP contribution in [0.2, 0.25) is 0 Å². The Labute approximate surface area is 124 Å². The van der Waals surface area contributed by atoms with Crippen molar-refractivity contribution in [3.8, 4) is 5.75 Å². The molecule has 0 aliphatic rings. The van der Waals surface area contributed by atoms with E-state index < -0.39 is 0 Å². The van der Waals surface area contributed by atoms with E-state index in [4.69, 9.17) is 15.2 Å². The van der Waals surface area contributed by atoms with E-state index in [-0.39, 0.29) is 5.97 Å². The molecule has 2 aromatic rings. The van der Waals surface area contributed by atoms with Crippen LogP contribution in [0, 0.1) is 0 Å². The molecule has 2 aromatic carbocycles. The van der Waals surface area contributed by atoms with Gasteiger partial charge in [-0.3, -0.25) is 0 Å². The van der Waals surface area contributed by atoms with Gasteiger partial charge >= 0.3 is 5.97 Å². The number of fused-ring (bicyclic) bond motifs is 1. The molecule has 0 aliphatic heterocycles. The van der Waals surface area contributed by atoms with Gasteiger partial charge in [-0.05, 0) is 48.7 Å². The van der Waals surface area contributed by atoms with Gasteiger partial charge in [0.15, 0.2) is 0 Å². The molecule has 0 aromatic heterocycles. The Morgan fingerprint density at radius 2 is 1.81 bits per heavy atom. The molecule has 2 rings (SSSR count). The summed E-state index contributed by atoms with van der Waals surface area (Å²) in [5, 5.41) is 2.04. The van der Waals surface area contributed by atoms with Crippen molar-refractivity contribution >= 4 is 16.7 Å². The Kier molecular flexibility index (Phi) is 5.58. The van der Waals surface area contributed by atoms with E-state index in [2.05, 4.69) is 0 Å². The predicted octanol–water partition coefficient (Wildman–Crippen LogP) is 3.13. The summed E-state index contributed by atoms with van der Waals surface area (Å²) in [6, 6.07) is 11.6. The molecule has 4 heteroatoms. The van der Waals surface area contributed by atoms with Crippen molar-refractivity contribution in [3.05, 3.63) is 42.0 Å². The van der Waals surface area contributed by atoms with E-state index in [0.717, 1.165) is 30.0 Å². The van der Waals surface area contributed by atoms with Crippen LogP contribution in [0.15, 0.2) is 36.4 Å². The van der Waals surface area contributed by atoms with Crippen LogP contribution in [0.25, 0.3) is 10.8 Å². The first-order valence-corrected chi connectivity index (χ1v) is 7.20. The highest BCUT2D eigenvalue weighted by molar-refractivity contribution is 5.98. The van der Waals surface area contributed by atoms with Crippen LogP contribution < -0.4 is 10.5 Å². The summed E-state index contributed by atoms with van der Waals surface area (Å²) in [6.45, 7) is 1.27. The Morgan fingerprint density at radius 3 is 2.48 bits per heavy atom. The van der Waals surface area contributed by atoms with E-state index in [9.17, 15) is 4.79 Å². The summed E-state index contributed by atoms with van der Waals surface area (Å²) in [4.78, 5) is 11.9. The highest BCUT2D eigenvalue weighted by atomic mass is 16.5. The molecule has 21 heavy (non-hydrogen) atoms. The number of rotatable bonds is 7. The molecule has 0 unspecified atom stereocenters. The molecule has 0 saturated carbocycles. The number of carbonyl (C=O) groups is 1. The van der Waals surface area contributed by atoms with Crippen LogP contribution in [0.3, 0.4) is 0 Å². The number of nitrogens with two attached hydrogens (primary N) is 1. The van der Waals surface area contributed by atoms with Crippen LogP contribution in [-0.2, 0) is 4.74 Å². The van der Waals surface area contributed by atoms with E-state index in [1.165, 1.54) is 7.11 Å². The lowest BCUT2D eigenvalue weighted by Gasteiger charge is -2.12. The zero-order valence-corrected chi connectivity index (χ0v) is 12.3. The zero-order valence-electron chi connectivity index (χ0n) is 12.3. The number of carbonyl (C=O) groups excluding carboxylic acids is 1. The number of hydrogen-bond donors (Lipinski definition) is 1. The second-order valence-electron chi connectivity index (χ2n) is 4.88. The number of benzene rings is 2. The lowest BCUT2D eigenvalue weighted by atomic mass is 10.1. The maximum atomic E-state index is 11.9. The largest absolute Gasteiger partial charge is 0.493 e. The second-order valence-corrected chi connectivity index (χ2v) is 4.88. The molecule has 0 radical (unpaired) electrons. The van der Waals surface area contributed by atoms with Crippen LogP contribution in [-0.4, -0.2) is 26.2 Å². The number of hydrogen-bond acceptors (Lipinski definition) is 4. The van der Waals surface area contributed by atoms with Crippen molar-refractivity contribution in [1.29, 1.82) is 0 Å². The second kappa shape index (κ2) is 7.64. The summed E-state index contributed by atoms with van der Waals surface area (Å²) in [5.74, 6) is 0.200. The Bertz CT molecular complexity index is 610. The summed E-state index contributed by atoms with van der Waals surface area (Å²) in [7, 11) is 1.38. The van der Waals surface area contributed by atoms with Crippen LogP contribution in [0.5, 0.6) is 5.75 Å². The fourth-order valence-corrected chi connectivity index (χ4v) is 2.21. The molecular formula is C17H21NO3. The highest BCUT2D eigenvalue weighted by Gasteiger charge is 2.14. The topological polar surface area (TPSA) is 61.5 Å². The molecule has 2 N–H and O–H groups in total. The van der Waals surface area contributed by atoms with Crippen LogP contribution in [0.1, 0.15) is 29.6 Å². The number of ether oxygens (including phenoxy) is 2. The Morgan fingerprint density at radius 1 is 1.10 bits per heavy atom. The molecule has 0 heterocycles. The van der Waals surface area contributed by atoms with E-state index in [1.807, 2.05) is 36.4 Å². The van der Waals surface area contributed by atoms with Crippen molar-refractivity contribution in [3.63, 3.8) is 0 Å². The van der Waals surface area contributed by atoms with Crippen LogP contribution in [0.4, 0.5) is 0 Å².